The second-order valence-corrected chi connectivity index (χ2v) is 7.09. The van der Waals surface area contributed by atoms with Crippen LogP contribution in [0.4, 0.5) is 10.5 Å². The molecule has 0 spiro atoms. The first-order valence-electron chi connectivity index (χ1n) is 8.81. The van der Waals surface area contributed by atoms with E-state index in [4.69, 9.17) is 9.47 Å². The number of hydrogen-bond acceptors (Lipinski definition) is 3. The Bertz CT molecular complexity index is 706. The van der Waals surface area contributed by atoms with Crippen molar-refractivity contribution >= 4 is 11.7 Å². The maximum Gasteiger partial charge on any atom is 0.319 e. The lowest BCUT2D eigenvalue weighted by Crippen LogP contribution is -2.30. The zero-order valence-electron chi connectivity index (χ0n) is 16.0. The van der Waals surface area contributed by atoms with Gasteiger partial charge in [0.05, 0.1) is 13.7 Å². The molecule has 0 aromatic heterocycles. The van der Waals surface area contributed by atoms with Crippen LogP contribution >= 0.6 is 0 Å². The average Bonchev–Trinajstić information content (AvgIpc) is 2.61. The molecular formula is C21H28N2O3. The van der Waals surface area contributed by atoms with E-state index < -0.39 is 0 Å². The van der Waals surface area contributed by atoms with Crippen LogP contribution in [-0.4, -0.2) is 26.3 Å². The van der Waals surface area contributed by atoms with Crippen molar-refractivity contribution in [2.24, 2.45) is 0 Å². The van der Waals surface area contributed by atoms with Crippen molar-refractivity contribution in [1.29, 1.82) is 0 Å². The summed E-state index contributed by atoms with van der Waals surface area (Å²) in [5.74, 6) is 1.55. The quantitative estimate of drug-likeness (QED) is 0.714. The molecule has 5 heteroatoms. The van der Waals surface area contributed by atoms with Crippen molar-refractivity contribution in [3.63, 3.8) is 0 Å². The third kappa shape index (κ3) is 6.31. The highest BCUT2D eigenvalue weighted by Crippen LogP contribution is 2.24. The molecule has 0 aliphatic rings. The van der Waals surface area contributed by atoms with E-state index in [1.165, 1.54) is 5.56 Å². The molecule has 140 valence electrons. The summed E-state index contributed by atoms with van der Waals surface area (Å²) in [4.78, 5) is 11.9. The van der Waals surface area contributed by atoms with Crippen molar-refractivity contribution in [2.75, 3.05) is 25.6 Å². The highest BCUT2D eigenvalue weighted by Gasteiger charge is 2.12. The Kier molecular flexibility index (Phi) is 6.89. The van der Waals surface area contributed by atoms with Crippen LogP contribution < -0.4 is 20.1 Å². The molecule has 2 rings (SSSR count). The number of nitrogens with one attached hydrogen (secondary N) is 2. The van der Waals surface area contributed by atoms with Crippen LogP contribution in [0.15, 0.2) is 48.5 Å². The molecule has 0 saturated heterocycles. The van der Waals surface area contributed by atoms with Gasteiger partial charge in [0.2, 0.25) is 0 Å². The third-order valence-electron chi connectivity index (χ3n) is 3.92. The summed E-state index contributed by atoms with van der Waals surface area (Å²) < 4.78 is 10.8. The molecular weight excluding hydrogens is 328 g/mol. The van der Waals surface area contributed by atoms with Gasteiger partial charge in [-0.1, -0.05) is 39.0 Å². The number of anilines is 1. The van der Waals surface area contributed by atoms with Crippen LogP contribution in [0.25, 0.3) is 0 Å². The van der Waals surface area contributed by atoms with E-state index in [1.807, 2.05) is 30.3 Å². The topological polar surface area (TPSA) is 59.6 Å². The van der Waals surface area contributed by atoms with Gasteiger partial charge < -0.3 is 20.1 Å². The fourth-order valence-corrected chi connectivity index (χ4v) is 2.39. The van der Waals surface area contributed by atoms with Gasteiger partial charge in [-0.05, 0) is 41.7 Å². The molecule has 5 nitrogen and oxygen atoms in total. The number of carbonyl (C=O) groups is 1. The summed E-state index contributed by atoms with van der Waals surface area (Å²) in [6, 6.07) is 15.2. The Morgan fingerprint density at radius 2 is 1.77 bits per heavy atom. The van der Waals surface area contributed by atoms with E-state index >= 15 is 0 Å². The van der Waals surface area contributed by atoms with Crippen LogP contribution in [0.5, 0.6) is 11.5 Å². The van der Waals surface area contributed by atoms with E-state index in [0.29, 0.717) is 24.6 Å². The number of urea groups is 1. The predicted molar refractivity (Wildman–Crippen MR) is 105 cm³/mol. The van der Waals surface area contributed by atoms with Gasteiger partial charge in [-0.3, -0.25) is 0 Å². The molecule has 2 aromatic rings. The molecule has 0 atom stereocenters. The third-order valence-corrected chi connectivity index (χ3v) is 3.92. The first kappa shape index (κ1) is 19.6. The van der Waals surface area contributed by atoms with Gasteiger partial charge in [-0.2, -0.15) is 0 Å². The maximum atomic E-state index is 11.9. The summed E-state index contributed by atoms with van der Waals surface area (Å²) in [6.45, 7) is 7.64. The number of methoxy groups -OCH3 is 1. The van der Waals surface area contributed by atoms with Crippen LogP contribution in [0.3, 0.4) is 0 Å². The van der Waals surface area contributed by atoms with Crippen LogP contribution in [0.1, 0.15) is 32.8 Å². The maximum absolute atomic E-state index is 11.9. The minimum Gasteiger partial charge on any atom is -0.497 e. The molecule has 2 N–H and O–H groups in total. The molecule has 0 radical (unpaired) electrons. The van der Waals surface area contributed by atoms with Crippen LogP contribution in [-0.2, 0) is 5.41 Å². The summed E-state index contributed by atoms with van der Waals surface area (Å²) in [5, 5.41) is 5.59. The van der Waals surface area contributed by atoms with E-state index in [1.54, 1.807) is 13.2 Å². The highest BCUT2D eigenvalue weighted by molar-refractivity contribution is 5.89. The zero-order chi connectivity index (χ0) is 19.0. The molecule has 0 bridgehead atoms. The number of rotatable bonds is 7. The van der Waals surface area contributed by atoms with E-state index in [2.05, 4.69) is 43.5 Å². The molecule has 2 aromatic carbocycles. The fourth-order valence-electron chi connectivity index (χ4n) is 2.39. The number of ether oxygens (including phenoxy) is 2. The van der Waals surface area contributed by atoms with E-state index in [-0.39, 0.29) is 11.4 Å². The molecule has 0 saturated carbocycles. The van der Waals surface area contributed by atoms with Gasteiger partial charge in [0.15, 0.2) is 0 Å². The first-order valence-corrected chi connectivity index (χ1v) is 8.81. The molecule has 0 fully saturated rings. The van der Waals surface area contributed by atoms with Gasteiger partial charge in [0.25, 0.3) is 0 Å². The van der Waals surface area contributed by atoms with E-state index in [0.717, 1.165) is 12.2 Å². The number of hydrogen-bond donors (Lipinski definition) is 2. The number of amides is 2. The van der Waals surface area contributed by atoms with Crippen molar-refractivity contribution in [3.05, 3.63) is 54.1 Å². The van der Waals surface area contributed by atoms with Crippen LogP contribution in [0, 0.1) is 0 Å². The summed E-state index contributed by atoms with van der Waals surface area (Å²) in [5.41, 5.74) is 2.11. The lowest BCUT2D eigenvalue weighted by atomic mass is 9.87. The van der Waals surface area contributed by atoms with Crippen LogP contribution in [0.2, 0.25) is 0 Å². The summed E-state index contributed by atoms with van der Waals surface area (Å²) in [7, 11) is 1.59. The Hall–Kier alpha value is -2.69. The normalized spacial score (nSPS) is 10.9. The minimum absolute atomic E-state index is 0.137. The smallest absolute Gasteiger partial charge is 0.319 e. The standard InChI is InChI=1S/C21H28N2O3/c1-21(2,3)16-9-11-18(12-10-16)26-14-6-13-22-20(24)23-17-7-5-8-19(15-17)25-4/h5,7-12,15H,6,13-14H2,1-4H3,(H2,22,23,24). The van der Waals surface area contributed by atoms with Gasteiger partial charge in [-0.15, -0.1) is 0 Å². The van der Waals surface area contributed by atoms with Crippen molar-refractivity contribution in [2.45, 2.75) is 32.6 Å². The Balaban J connectivity index is 1.66. The van der Waals surface area contributed by atoms with Gasteiger partial charge >= 0.3 is 6.03 Å². The zero-order valence-corrected chi connectivity index (χ0v) is 16.0. The monoisotopic (exact) mass is 356 g/mol. The Labute approximate surface area is 155 Å². The molecule has 0 heterocycles. The average molecular weight is 356 g/mol. The largest absolute Gasteiger partial charge is 0.497 e. The highest BCUT2D eigenvalue weighted by atomic mass is 16.5. The second kappa shape index (κ2) is 9.13. The number of benzene rings is 2. The molecule has 2 amide bonds. The van der Waals surface area contributed by atoms with E-state index in [9.17, 15) is 4.79 Å². The lowest BCUT2D eigenvalue weighted by molar-refractivity contribution is 0.250. The van der Waals surface area contributed by atoms with Crippen molar-refractivity contribution < 1.29 is 14.3 Å². The molecule has 26 heavy (non-hydrogen) atoms. The van der Waals surface area contributed by atoms with Gasteiger partial charge in [-0.25, -0.2) is 4.79 Å². The lowest BCUT2D eigenvalue weighted by Gasteiger charge is -2.19. The molecule has 0 aliphatic carbocycles. The predicted octanol–water partition coefficient (Wildman–Crippen LogP) is 4.58. The Morgan fingerprint density at radius 3 is 2.42 bits per heavy atom. The van der Waals surface area contributed by atoms with Gasteiger partial charge in [0.1, 0.15) is 11.5 Å². The SMILES string of the molecule is COc1cccc(NC(=O)NCCCOc2ccc(C(C)(C)C)cc2)c1. The Morgan fingerprint density at radius 1 is 1.04 bits per heavy atom. The minimum atomic E-state index is -0.243. The second-order valence-electron chi connectivity index (χ2n) is 7.09. The fraction of sp³-hybridized carbons (Fsp3) is 0.381. The first-order chi connectivity index (χ1) is 12.4. The molecule has 0 unspecified atom stereocenters. The van der Waals surface area contributed by atoms with Crippen molar-refractivity contribution in [3.8, 4) is 11.5 Å². The summed E-state index contributed by atoms with van der Waals surface area (Å²) in [6.07, 6.45) is 0.729. The van der Waals surface area contributed by atoms with Gasteiger partial charge in [0, 0.05) is 18.3 Å². The summed E-state index contributed by atoms with van der Waals surface area (Å²) >= 11 is 0. The molecule has 0 aliphatic heterocycles. The number of carbonyl (C=O) groups excluding carboxylic acids is 1. The van der Waals surface area contributed by atoms with Crippen molar-refractivity contribution in [1.82, 2.24) is 5.32 Å².